The van der Waals surface area contributed by atoms with Gasteiger partial charge in [0.1, 0.15) is 5.60 Å². The number of alkyl halides is 3. The number of piperazine rings is 1. The van der Waals surface area contributed by atoms with Crippen LogP contribution in [0, 0.1) is 5.92 Å². The third kappa shape index (κ3) is 7.96. The summed E-state index contributed by atoms with van der Waals surface area (Å²) < 4.78 is 72.3. The van der Waals surface area contributed by atoms with Crippen LogP contribution in [0.3, 0.4) is 0 Å². The number of amides is 2. The van der Waals surface area contributed by atoms with Crippen molar-refractivity contribution in [3.05, 3.63) is 64.7 Å². The van der Waals surface area contributed by atoms with Crippen molar-refractivity contribution in [1.29, 1.82) is 0 Å². The molecule has 2 fully saturated rings. The molecule has 1 unspecified atom stereocenters. The zero-order valence-electron chi connectivity index (χ0n) is 23.7. The summed E-state index contributed by atoms with van der Waals surface area (Å²) in [5, 5.41) is 0.550. The number of hydrogen-bond acceptors (Lipinski definition) is 5. The average molecular weight is 630 g/mol. The monoisotopic (exact) mass is 629 g/mol. The van der Waals surface area contributed by atoms with Crippen molar-refractivity contribution in [2.24, 2.45) is 5.92 Å². The molecule has 42 heavy (non-hydrogen) atoms. The molecule has 1 aliphatic carbocycles. The van der Waals surface area contributed by atoms with E-state index in [0.717, 1.165) is 29.8 Å². The summed E-state index contributed by atoms with van der Waals surface area (Å²) in [6, 6.07) is 9.64. The lowest BCUT2D eigenvalue weighted by Gasteiger charge is -2.43. The third-order valence-corrected chi connectivity index (χ3v) is 9.25. The van der Waals surface area contributed by atoms with E-state index >= 15 is 0 Å². The van der Waals surface area contributed by atoms with Gasteiger partial charge in [-0.1, -0.05) is 23.7 Å². The molecule has 1 saturated heterocycles. The Morgan fingerprint density at radius 2 is 1.52 bits per heavy atom. The van der Waals surface area contributed by atoms with E-state index in [9.17, 15) is 31.2 Å². The van der Waals surface area contributed by atoms with Gasteiger partial charge in [-0.25, -0.2) is 17.9 Å². The van der Waals surface area contributed by atoms with E-state index in [4.69, 9.17) is 16.3 Å². The highest BCUT2D eigenvalue weighted by Gasteiger charge is 2.39. The Bertz CT molecular complexity index is 1370. The zero-order chi connectivity index (χ0) is 30.9. The standard InChI is InChI=1S/C29H35ClF3N3O5S/c1-28(2,3)41-27(38)35-16-17-36(25(18-35)19-4-10-22(30)11-5-19)26(37)20-6-12-23(13-7-20)34-42(39,40)24-14-8-21(9-15-24)29(31,32)33/h4-5,8-11,14-15,20,23,25,34H,6-7,12-13,16-18H2,1-3H3. The van der Waals surface area contributed by atoms with Gasteiger partial charge in [0, 0.05) is 36.6 Å². The molecule has 13 heteroatoms. The second-order valence-corrected chi connectivity index (χ2v) is 13.9. The van der Waals surface area contributed by atoms with E-state index in [-0.39, 0.29) is 23.3 Å². The highest BCUT2D eigenvalue weighted by molar-refractivity contribution is 7.89. The summed E-state index contributed by atoms with van der Waals surface area (Å²) >= 11 is 6.09. The molecule has 8 nitrogen and oxygen atoms in total. The summed E-state index contributed by atoms with van der Waals surface area (Å²) in [6.45, 7) is 6.26. The summed E-state index contributed by atoms with van der Waals surface area (Å²) in [5.74, 6) is -0.400. The first-order chi connectivity index (χ1) is 19.5. The Morgan fingerprint density at radius 1 is 0.929 bits per heavy atom. The lowest BCUT2D eigenvalue weighted by molar-refractivity contribution is -0.142. The minimum Gasteiger partial charge on any atom is -0.444 e. The van der Waals surface area contributed by atoms with Crippen LogP contribution < -0.4 is 4.72 Å². The third-order valence-electron chi connectivity index (χ3n) is 7.46. The van der Waals surface area contributed by atoms with E-state index in [0.29, 0.717) is 43.8 Å². The van der Waals surface area contributed by atoms with Crippen molar-refractivity contribution in [3.8, 4) is 0 Å². The maximum atomic E-state index is 13.8. The molecule has 230 valence electrons. The van der Waals surface area contributed by atoms with Crippen LogP contribution in [0.25, 0.3) is 0 Å². The zero-order valence-corrected chi connectivity index (χ0v) is 25.2. The van der Waals surface area contributed by atoms with Gasteiger partial charge in [-0.15, -0.1) is 0 Å². The molecule has 0 aromatic heterocycles. The SMILES string of the molecule is CC(C)(C)OC(=O)N1CCN(C(=O)C2CCC(NS(=O)(=O)c3ccc(C(F)(F)F)cc3)CC2)C(c2ccc(Cl)cc2)C1. The molecular weight excluding hydrogens is 595 g/mol. The molecule has 2 aliphatic rings. The summed E-state index contributed by atoms with van der Waals surface area (Å²) in [7, 11) is -4.03. The predicted octanol–water partition coefficient (Wildman–Crippen LogP) is 6.02. The number of halogens is 4. The second-order valence-electron chi connectivity index (χ2n) is 11.7. The molecule has 1 aliphatic heterocycles. The predicted molar refractivity (Wildman–Crippen MR) is 151 cm³/mol. The fraction of sp³-hybridized carbons (Fsp3) is 0.517. The molecule has 0 radical (unpaired) electrons. The van der Waals surface area contributed by atoms with Crippen molar-refractivity contribution in [2.45, 2.75) is 75.2 Å². The normalized spacial score (nSPS) is 22.1. The largest absolute Gasteiger partial charge is 0.444 e. The minimum absolute atomic E-state index is 0.0668. The Balaban J connectivity index is 1.41. The fourth-order valence-electron chi connectivity index (χ4n) is 5.31. The van der Waals surface area contributed by atoms with E-state index < -0.39 is 45.5 Å². The number of hydrogen-bond donors (Lipinski definition) is 1. The fourth-order valence-corrected chi connectivity index (χ4v) is 6.74. The van der Waals surface area contributed by atoms with Gasteiger partial charge in [-0.2, -0.15) is 13.2 Å². The highest BCUT2D eigenvalue weighted by atomic mass is 35.5. The van der Waals surface area contributed by atoms with E-state index in [1.54, 1.807) is 42.7 Å². The Hall–Kier alpha value is -2.83. The van der Waals surface area contributed by atoms with Gasteiger partial charge >= 0.3 is 12.3 Å². The highest BCUT2D eigenvalue weighted by Crippen LogP contribution is 2.34. The van der Waals surface area contributed by atoms with Crippen LogP contribution in [0.1, 0.15) is 63.6 Å². The van der Waals surface area contributed by atoms with Gasteiger partial charge in [0.15, 0.2) is 0 Å². The molecule has 1 N–H and O–H groups in total. The van der Waals surface area contributed by atoms with Crippen LogP contribution in [-0.4, -0.2) is 61.5 Å². The van der Waals surface area contributed by atoms with Gasteiger partial charge in [0.2, 0.25) is 15.9 Å². The van der Waals surface area contributed by atoms with Crippen molar-refractivity contribution < 1.29 is 35.9 Å². The van der Waals surface area contributed by atoms with E-state index in [2.05, 4.69) is 4.72 Å². The lowest BCUT2D eigenvalue weighted by Crippen LogP contribution is -2.54. The van der Waals surface area contributed by atoms with Gasteiger partial charge < -0.3 is 14.5 Å². The quantitative estimate of drug-likeness (QED) is 0.437. The maximum absolute atomic E-state index is 13.8. The van der Waals surface area contributed by atoms with Crippen LogP contribution in [-0.2, 0) is 25.7 Å². The molecule has 1 saturated carbocycles. The number of benzene rings is 2. The van der Waals surface area contributed by atoms with Gasteiger partial charge in [0.05, 0.1) is 16.5 Å². The van der Waals surface area contributed by atoms with Gasteiger partial charge in [-0.3, -0.25) is 4.79 Å². The molecule has 0 spiro atoms. The Kier molecular flexibility index (Phi) is 9.49. The number of carbonyl (C=O) groups is 2. The number of ether oxygens (including phenoxy) is 1. The Morgan fingerprint density at radius 3 is 2.07 bits per heavy atom. The van der Waals surface area contributed by atoms with Gasteiger partial charge in [-0.05, 0) is 88.4 Å². The molecule has 0 bridgehead atoms. The molecule has 2 aromatic rings. The molecule has 1 atom stereocenters. The van der Waals surface area contributed by atoms with Crippen molar-refractivity contribution in [2.75, 3.05) is 19.6 Å². The molecule has 1 heterocycles. The number of nitrogens with zero attached hydrogens (tertiary/aromatic N) is 2. The first-order valence-corrected chi connectivity index (χ1v) is 15.6. The van der Waals surface area contributed by atoms with Crippen molar-refractivity contribution >= 4 is 33.6 Å². The summed E-state index contributed by atoms with van der Waals surface area (Å²) in [5.41, 5.74) is -0.754. The van der Waals surface area contributed by atoms with Crippen LogP contribution in [0.4, 0.5) is 18.0 Å². The molecule has 2 aromatic carbocycles. The van der Waals surface area contributed by atoms with Crippen molar-refractivity contribution in [3.63, 3.8) is 0 Å². The minimum atomic E-state index is -4.56. The number of carbonyl (C=O) groups excluding carboxylic acids is 2. The van der Waals surface area contributed by atoms with Crippen LogP contribution in [0.15, 0.2) is 53.4 Å². The van der Waals surface area contributed by atoms with E-state index in [1.165, 1.54) is 0 Å². The average Bonchev–Trinajstić information content (AvgIpc) is 2.92. The number of sulfonamides is 1. The van der Waals surface area contributed by atoms with Crippen LogP contribution in [0.5, 0.6) is 0 Å². The smallest absolute Gasteiger partial charge is 0.416 e. The first-order valence-electron chi connectivity index (χ1n) is 13.8. The van der Waals surface area contributed by atoms with Crippen LogP contribution >= 0.6 is 11.6 Å². The number of rotatable bonds is 5. The number of nitrogens with one attached hydrogen (secondary N) is 1. The van der Waals surface area contributed by atoms with Crippen molar-refractivity contribution in [1.82, 2.24) is 14.5 Å². The second kappa shape index (κ2) is 12.4. The van der Waals surface area contributed by atoms with E-state index in [1.807, 2.05) is 12.1 Å². The summed E-state index contributed by atoms with van der Waals surface area (Å²) in [6.07, 6.45) is -3.32. The van der Waals surface area contributed by atoms with Crippen LogP contribution in [0.2, 0.25) is 5.02 Å². The molecular formula is C29H35ClF3N3O5S. The maximum Gasteiger partial charge on any atom is 0.416 e. The molecule has 4 rings (SSSR count). The van der Waals surface area contributed by atoms with Gasteiger partial charge in [0.25, 0.3) is 0 Å². The Labute approximate surface area is 249 Å². The topological polar surface area (TPSA) is 96.0 Å². The molecule has 2 amide bonds. The summed E-state index contributed by atoms with van der Waals surface area (Å²) in [4.78, 5) is 29.7. The lowest BCUT2D eigenvalue weighted by atomic mass is 9.85. The first kappa shape index (κ1) is 32.1.